The van der Waals surface area contributed by atoms with Crippen LogP contribution in [0, 0.1) is 0 Å². The van der Waals surface area contributed by atoms with Gasteiger partial charge < -0.3 is 20.3 Å². The summed E-state index contributed by atoms with van der Waals surface area (Å²) in [4.78, 5) is 15.8. The number of halogens is 1. The van der Waals surface area contributed by atoms with Crippen molar-refractivity contribution in [3.8, 4) is 0 Å². The lowest BCUT2D eigenvalue weighted by Gasteiger charge is -2.36. The maximum absolute atomic E-state index is 11.7. The van der Waals surface area contributed by atoms with Crippen LogP contribution in [0.2, 0.25) is 0 Å². The second-order valence-corrected chi connectivity index (χ2v) is 5.46. The van der Waals surface area contributed by atoms with E-state index in [9.17, 15) is 4.79 Å². The Morgan fingerprint density at radius 3 is 2.65 bits per heavy atom. The Balaban J connectivity index is 2.02. The first-order chi connectivity index (χ1) is 9.65. The number of anilines is 2. The van der Waals surface area contributed by atoms with Gasteiger partial charge >= 0.3 is 6.09 Å². The summed E-state index contributed by atoms with van der Waals surface area (Å²) in [7, 11) is 0. The van der Waals surface area contributed by atoms with Crippen LogP contribution in [0.4, 0.5) is 16.2 Å². The quantitative estimate of drug-likeness (QED) is 0.490. The van der Waals surface area contributed by atoms with Crippen molar-refractivity contribution in [1.82, 2.24) is 4.90 Å². The molecule has 2 rings (SSSR count). The molecule has 110 valence electrons. The van der Waals surface area contributed by atoms with E-state index in [-0.39, 0.29) is 6.09 Å². The zero-order valence-corrected chi connectivity index (χ0v) is 13.8. The molecular weight excluding hydrogens is 369 g/mol. The number of ether oxygens (including phenoxy) is 1. The zero-order chi connectivity index (χ0) is 14.5. The smallest absolute Gasteiger partial charge is 0.409 e. The molecule has 1 saturated heterocycles. The first-order valence-corrected chi connectivity index (χ1v) is 8.29. The molecule has 0 spiro atoms. The van der Waals surface area contributed by atoms with E-state index in [0.29, 0.717) is 19.7 Å². The highest BCUT2D eigenvalue weighted by Crippen LogP contribution is 2.26. The molecule has 0 unspecified atom stereocenters. The number of benzene rings is 1. The summed E-state index contributed by atoms with van der Waals surface area (Å²) in [6.45, 7) is 5.30. The summed E-state index contributed by atoms with van der Waals surface area (Å²) >= 11 is 2.35. The van der Waals surface area contributed by atoms with Crippen molar-refractivity contribution < 1.29 is 9.53 Å². The number of hydrogen-bond donors (Lipinski definition) is 1. The number of rotatable bonds is 3. The third-order valence-corrected chi connectivity index (χ3v) is 4.22. The average Bonchev–Trinajstić information content (AvgIpc) is 2.47. The molecule has 2 N–H and O–H groups in total. The standard InChI is InChI=1S/C14H20IN3O2/c1-2-20-14(19)18-7-5-17(6-8-18)13-4-3-12(16)9-11(13)10-15/h3-4,9H,2,5-8,10,16H2,1H3. The molecule has 0 aliphatic carbocycles. The van der Waals surface area contributed by atoms with E-state index in [1.165, 1.54) is 11.3 Å². The normalized spacial score (nSPS) is 15.3. The van der Waals surface area contributed by atoms with Crippen LogP contribution in [-0.2, 0) is 9.16 Å². The van der Waals surface area contributed by atoms with E-state index in [1.807, 2.05) is 19.1 Å². The van der Waals surface area contributed by atoms with Crippen LogP contribution < -0.4 is 10.6 Å². The van der Waals surface area contributed by atoms with Gasteiger partial charge in [0.25, 0.3) is 0 Å². The van der Waals surface area contributed by atoms with Gasteiger partial charge in [0.05, 0.1) is 6.61 Å². The van der Waals surface area contributed by atoms with Crippen LogP contribution in [0.5, 0.6) is 0 Å². The topological polar surface area (TPSA) is 58.8 Å². The van der Waals surface area contributed by atoms with Crippen molar-refractivity contribution in [2.75, 3.05) is 43.4 Å². The molecule has 0 aromatic heterocycles. The van der Waals surface area contributed by atoms with Crippen molar-refractivity contribution in [3.63, 3.8) is 0 Å². The van der Waals surface area contributed by atoms with Gasteiger partial charge in [0, 0.05) is 42.0 Å². The van der Waals surface area contributed by atoms with E-state index in [1.54, 1.807) is 4.90 Å². The van der Waals surface area contributed by atoms with Gasteiger partial charge in [0.1, 0.15) is 0 Å². The Labute approximate surface area is 133 Å². The number of piperazine rings is 1. The summed E-state index contributed by atoms with van der Waals surface area (Å²) in [6.07, 6.45) is -0.210. The number of nitrogen functional groups attached to an aromatic ring is 1. The number of carbonyl (C=O) groups excluding carboxylic acids is 1. The van der Waals surface area contributed by atoms with Gasteiger partial charge in [0.2, 0.25) is 0 Å². The predicted molar refractivity (Wildman–Crippen MR) is 89.4 cm³/mol. The van der Waals surface area contributed by atoms with E-state index < -0.39 is 0 Å². The fourth-order valence-corrected chi connectivity index (χ4v) is 2.98. The maximum atomic E-state index is 11.7. The number of alkyl halides is 1. The van der Waals surface area contributed by atoms with Gasteiger partial charge in [0.15, 0.2) is 0 Å². The third kappa shape index (κ3) is 3.47. The monoisotopic (exact) mass is 389 g/mol. The Bertz CT molecular complexity index is 473. The lowest BCUT2D eigenvalue weighted by atomic mass is 10.1. The number of nitrogens with zero attached hydrogens (tertiary/aromatic N) is 2. The van der Waals surface area contributed by atoms with Crippen LogP contribution in [0.25, 0.3) is 0 Å². The summed E-state index contributed by atoms with van der Waals surface area (Å²) in [5.41, 5.74) is 9.10. The predicted octanol–water partition coefficient (Wildman–Crippen LogP) is 2.48. The molecular formula is C14H20IN3O2. The fraction of sp³-hybridized carbons (Fsp3) is 0.500. The average molecular weight is 389 g/mol. The highest BCUT2D eigenvalue weighted by atomic mass is 127. The Kier molecular flexibility index (Phi) is 5.33. The Hall–Kier alpha value is -1.18. The maximum Gasteiger partial charge on any atom is 0.409 e. The van der Waals surface area contributed by atoms with Crippen molar-refractivity contribution in [2.24, 2.45) is 0 Å². The SMILES string of the molecule is CCOC(=O)N1CCN(c2ccc(N)cc2CI)CC1. The molecule has 1 heterocycles. The second kappa shape index (κ2) is 7.01. The van der Waals surface area contributed by atoms with Crippen LogP contribution in [0.1, 0.15) is 12.5 Å². The minimum absolute atomic E-state index is 0.210. The molecule has 0 radical (unpaired) electrons. The first kappa shape index (κ1) is 15.2. The Morgan fingerprint density at radius 1 is 1.35 bits per heavy atom. The molecule has 0 atom stereocenters. The molecule has 1 aliphatic rings. The van der Waals surface area contributed by atoms with Crippen LogP contribution in [0.15, 0.2) is 18.2 Å². The van der Waals surface area contributed by atoms with E-state index in [2.05, 4.69) is 33.6 Å². The first-order valence-electron chi connectivity index (χ1n) is 6.76. The number of hydrogen-bond acceptors (Lipinski definition) is 4. The van der Waals surface area contributed by atoms with Crippen LogP contribution >= 0.6 is 22.6 Å². The summed E-state index contributed by atoms with van der Waals surface area (Å²) in [5.74, 6) is 0. The molecule has 1 aliphatic heterocycles. The molecule has 1 amide bonds. The summed E-state index contributed by atoms with van der Waals surface area (Å²) in [6, 6.07) is 6.03. The highest BCUT2D eigenvalue weighted by Gasteiger charge is 2.23. The van der Waals surface area contributed by atoms with Crippen LogP contribution in [-0.4, -0.2) is 43.8 Å². The lowest BCUT2D eigenvalue weighted by molar-refractivity contribution is 0.105. The third-order valence-electron chi connectivity index (χ3n) is 3.39. The van der Waals surface area contributed by atoms with E-state index in [0.717, 1.165) is 23.2 Å². The largest absolute Gasteiger partial charge is 0.450 e. The molecule has 6 heteroatoms. The fourth-order valence-electron chi connectivity index (χ4n) is 2.37. The van der Waals surface area contributed by atoms with E-state index in [4.69, 9.17) is 10.5 Å². The number of amides is 1. The van der Waals surface area contributed by atoms with Crippen molar-refractivity contribution >= 4 is 40.1 Å². The molecule has 0 bridgehead atoms. The lowest BCUT2D eigenvalue weighted by Crippen LogP contribution is -2.49. The second-order valence-electron chi connectivity index (χ2n) is 4.69. The molecule has 20 heavy (non-hydrogen) atoms. The molecule has 1 fully saturated rings. The summed E-state index contributed by atoms with van der Waals surface area (Å²) in [5, 5.41) is 0. The number of carbonyl (C=O) groups is 1. The van der Waals surface area contributed by atoms with Gasteiger partial charge in [-0.25, -0.2) is 4.79 Å². The van der Waals surface area contributed by atoms with Gasteiger partial charge in [-0.3, -0.25) is 0 Å². The molecule has 1 aromatic rings. The van der Waals surface area contributed by atoms with E-state index >= 15 is 0 Å². The van der Waals surface area contributed by atoms with Gasteiger partial charge in [-0.1, -0.05) is 22.6 Å². The van der Waals surface area contributed by atoms with Crippen molar-refractivity contribution in [2.45, 2.75) is 11.4 Å². The van der Waals surface area contributed by atoms with Crippen LogP contribution in [0.3, 0.4) is 0 Å². The van der Waals surface area contributed by atoms with Gasteiger partial charge in [-0.05, 0) is 30.7 Å². The zero-order valence-electron chi connectivity index (χ0n) is 11.6. The molecule has 1 aromatic carbocycles. The molecule has 5 nitrogen and oxygen atoms in total. The summed E-state index contributed by atoms with van der Waals surface area (Å²) < 4.78 is 5.96. The number of nitrogens with two attached hydrogens (primary N) is 1. The highest BCUT2D eigenvalue weighted by molar-refractivity contribution is 14.1. The molecule has 0 saturated carbocycles. The minimum atomic E-state index is -0.210. The van der Waals surface area contributed by atoms with Crippen molar-refractivity contribution in [1.29, 1.82) is 0 Å². The van der Waals surface area contributed by atoms with Gasteiger partial charge in [-0.2, -0.15) is 0 Å². The van der Waals surface area contributed by atoms with Crippen molar-refractivity contribution in [3.05, 3.63) is 23.8 Å². The van der Waals surface area contributed by atoms with Gasteiger partial charge in [-0.15, -0.1) is 0 Å². The Morgan fingerprint density at radius 2 is 2.05 bits per heavy atom. The minimum Gasteiger partial charge on any atom is -0.450 e.